The van der Waals surface area contributed by atoms with Gasteiger partial charge in [-0.1, -0.05) is 29.8 Å². The molecule has 0 spiro atoms. The Morgan fingerprint density at radius 2 is 2.04 bits per heavy atom. The first-order valence-corrected chi connectivity index (χ1v) is 9.59. The maximum absolute atomic E-state index is 11.9. The number of nitrogens with zero attached hydrogens (tertiary/aromatic N) is 2. The number of aliphatic carboxylic acids is 1. The van der Waals surface area contributed by atoms with Crippen LogP contribution in [-0.4, -0.2) is 61.1 Å². The summed E-state index contributed by atoms with van der Waals surface area (Å²) in [6.07, 6.45) is 1.13. The highest BCUT2D eigenvalue weighted by atomic mass is 35.5. The molecule has 126 valence electrons. The van der Waals surface area contributed by atoms with Gasteiger partial charge in [0, 0.05) is 43.7 Å². The summed E-state index contributed by atoms with van der Waals surface area (Å²) < 4.78 is 24.8. The maximum Gasteiger partial charge on any atom is 0.312 e. The van der Waals surface area contributed by atoms with Crippen molar-refractivity contribution in [1.29, 1.82) is 0 Å². The van der Waals surface area contributed by atoms with Crippen molar-refractivity contribution in [1.82, 2.24) is 9.21 Å². The molecule has 2 aliphatic heterocycles. The van der Waals surface area contributed by atoms with E-state index in [9.17, 15) is 18.3 Å². The van der Waals surface area contributed by atoms with Crippen molar-refractivity contribution in [2.75, 3.05) is 32.4 Å². The number of sulfonamides is 1. The Hall–Kier alpha value is -1.15. The first-order chi connectivity index (χ1) is 10.7. The Bertz CT molecular complexity index is 739. The molecule has 1 unspecified atom stereocenters. The van der Waals surface area contributed by atoms with Crippen molar-refractivity contribution in [2.45, 2.75) is 6.54 Å². The Labute approximate surface area is 140 Å². The van der Waals surface area contributed by atoms with Gasteiger partial charge in [0.05, 0.1) is 11.7 Å². The minimum atomic E-state index is -3.37. The largest absolute Gasteiger partial charge is 0.481 e. The van der Waals surface area contributed by atoms with Crippen LogP contribution in [0.3, 0.4) is 0 Å². The summed E-state index contributed by atoms with van der Waals surface area (Å²) in [5.41, 5.74) is -0.0701. The van der Waals surface area contributed by atoms with Gasteiger partial charge in [-0.3, -0.25) is 9.69 Å². The predicted molar refractivity (Wildman–Crippen MR) is 86.7 cm³/mol. The third kappa shape index (κ3) is 2.98. The van der Waals surface area contributed by atoms with Crippen molar-refractivity contribution in [3.63, 3.8) is 0 Å². The average Bonchev–Trinajstić information content (AvgIpc) is 2.95. The van der Waals surface area contributed by atoms with E-state index >= 15 is 0 Å². The van der Waals surface area contributed by atoms with Crippen molar-refractivity contribution >= 4 is 27.6 Å². The Morgan fingerprint density at radius 3 is 2.61 bits per heavy atom. The van der Waals surface area contributed by atoms with Gasteiger partial charge in [-0.05, 0) is 11.6 Å². The van der Waals surface area contributed by atoms with E-state index in [1.807, 2.05) is 24.3 Å². The highest BCUT2D eigenvalue weighted by Crippen LogP contribution is 2.44. The molecule has 0 amide bonds. The number of benzene rings is 1. The molecule has 2 saturated heterocycles. The van der Waals surface area contributed by atoms with E-state index < -0.39 is 21.4 Å². The van der Waals surface area contributed by atoms with Crippen LogP contribution in [0.5, 0.6) is 0 Å². The standard InChI is InChI=1S/C15H19ClN2O4S/c1-23(21,22)18-8-12-7-17(9-15(12,10-18)14(19)20)6-11-4-2-3-5-13(11)16/h2-5,12H,6-10H2,1H3,(H,19,20)/t12?,15-/m1/s1. The second-order valence-corrected chi connectivity index (χ2v) is 8.86. The van der Waals surface area contributed by atoms with Gasteiger partial charge in [0.15, 0.2) is 0 Å². The van der Waals surface area contributed by atoms with E-state index in [0.29, 0.717) is 24.7 Å². The number of carboxylic acids is 1. The maximum atomic E-state index is 11.9. The first-order valence-electron chi connectivity index (χ1n) is 7.37. The number of hydrogen-bond acceptors (Lipinski definition) is 4. The second-order valence-electron chi connectivity index (χ2n) is 6.47. The van der Waals surface area contributed by atoms with Gasteiger partial charge in [0.2, 0.25) is 10.0 Å². The molecular weight excluding hydrogens is 340 g/mol. The quantitative estimate of drug-likeness (QED) is 0.872. The van der Waals surface area contributed by atoms with E-state index in [1.54, 1.807) is 0 Å². The molecule has 23 heavy (non-hydrogen) atoms. The molecule has 0 aromatic heterocycles. The molecule has 6 nitrogen and oxygen atoms in total. The molecule has 2 heterocycles. The molecular formula is C15H19ClN2O4S. The van der Waals surface area contributed by atoms with Gasteiger partial charge in [-0.2, -0.15) is 0 Å². The van der Waals surface area contributed by atoms with Crippen molar-refractivity contribution < 1.29 is 18.3 Å². The van der Waals surface area contributed by atoms with Crippen molar-refractivity contribution in [3.8, 4) is 0 Å². The first kappa shape index (κ1) is 16.7. The minimum Gasteiger partial charge on any atom is -0.481 e. The molecule has 2 aliphatic rings. The molecule has 0 bridgehead atoms. The fourth-order valence-corrected chi connectivity index (χ4v) is 4.78. The van der Waals surface area contributed by atoms with Crippen molar-refractivity contribution in [2.24, 2.45) is 11.3 Å². The number of fused-ring (bicyclic) bond motifs is 1. The van der Waals surface area contributed by atoms with E-state index in [0.717, 1.165) is 11.8 Å². The van der Waals surface area contributed by atoms with Crippen LogP contribution in [0.1, 0.15) is 5.56 Å². The SMILES string of the molecule is CS(=O)(=O)N1CC2CN(Cc3ccccc3Cl)C[C@@]2(C(=O)O)C1. The van der Waals surface area contributed by atoms with E-state index in [2.05, 4.69) is 4.90 Å². The Balaban J connectivity index is 1.80. The summed E-state index contributed by atoms with van der Waals surface area (Å²) in [6, 6.07) is 7.49. The number of halogens is 1. The van der Waals surface area contributed by atoms with Gasteiger partial charge in [-0.25, -0.2) is 12.7 Å². The molecule has 0 aliphatic carbocycles. The predicted octanol–water partition coefficient (Wildman–Crippen LogP) is 1.12. The second kappa shape index (κ2) is 5.73. The van der Waals surface area contributed by atoms with Crippen LogP contribution in [0.15, 0.2) is 24.3 Å². The van der Waals surface area contributed by atoms with Crippen LogP contribution < -0.4 is 0 Å². The summed E-state index contributed by atoms with van der Waals surface area (Å²) in [6.45, 7) is 1.78. The Morgan fingerprint density at radius 1 is 1.35 bits per heavy atom. The van der Waals surface area contributed by atoms with Crippen molar-refractivity contribution in [3.05, 3.63) is 34.9 Å². The number of rotatable bonds is 4. The number of hydrogen-bond donors (Lipinski definition) is 1. The number of likely N-dealkylation sites (tertiary alicyclic amines) is 1. The lowest BCUT2D eigenvalue weighted by Crippen LogP contribution is -2.41. The third-order valence-electron chi connectivity index (χ3n) is 4.90. The molecule has 1 aromatic rings. The summed E-state index contributed by atoms with van der Waals surface area (Å²) in [5.74, 6) is -1.12. The summed E-state index contributed by atoms with van der Waals surface area (Å²) in [5, 5.41) is 10.4. The van der Waals surface area contributed by atoms with Crippen LogP contribution in [0.25, 0.3) is 0 Å². The average molecular weight is 359 g/mol. The van der Waals surface area contributed by atoms with Crippen LogP contribution in [0.2, 0.25) is 5.02 Å². The molecule has 2 fully saturated rings. The lowest BCUT2D eigenvalue weighted by Gasteiger charge is -2.24. The fraction of sp³-hybridized carbons (Fsp3) is 0.533. The zero-order valence-electron chi connectivity index (χ0n) is 12.8. The zero-order chi connectivity index (χ0) is 16.8. The molecule has 8 heteroatoms. The topological polar surface area (TPSA) is 77.9 Å². The lowest BCUT2D eigenvalue weighted by atomic mass is 9.81. The van der Waals surface area contributed by atoms with E-state index in [4.69, 9.17) is 11.6 Å². The molecule has 1 aromatic carbocycles. The van der Waals surface area contributed by atoms with Crippen LogP contribution >= 0.6 is 11.6 Å². The molecule has 3 rings (SSSR count). The summed E-state index contributed by atoms with van der Waals surface area (Å²) in [7, 11) is -3.37. The van der Waals surface area contributed by atoms with Crippen LogP contribution in [-0.2, 0) is 21.4 Å². The highest BCUT2D eigenvalue weighted by Gasteiger charge is 2.59. The van der Waals surface area contributed by atoms with Gasteiger partial charge in [0.1, 0.15) is 0 Å². The van der Waals surface area contributed by atoms with E-state index in [-0.39, 0.29) is 19.0 Å². The summed E-state index contributed by atoms with van der Waals surface area (Å²) >= 11 is 6.17. The smallest absolute Gasteiger partial charge is 0.312 e. The van der Waals surface area contributed by atoms with Crippen LogP contribution in [0, 0.1) is 11.3 Å². The minimum absolute atomic E-state index is 0.0465. The normalized spacial score (nSPS) is 28.9. The molecule has 2 atom stereocenters. The summed E-state index contributed by atoms with van der Waals surface area (Å²) in [4.78, 5) is 13.9. The zero-order valence-corrected chi connectivity index (χ0v) is 14.3. The lowest BCUT2D eigenvalue weighted by molar-refractivity contribution is -0.148. The Kier molecular flexibility index (Phi) is 4.16. The van der Waals surface area contributed by atoms with Gasteiger partial charge in [0.25, 0.3) is 0 Å². The number of carbonyl (C=O) groups is 1. The number of carboxylic acid groups (broad SMARTS) is 1. The van der Waals surface area contributed by atoms with E-state index in [1.165, 1.54) is 4.31 Å². The third-order valence-corrected chi connectivity index (χ3v) is 6.48. The molecule has 1 N–H and O–H groups in total. The fourth-order valence-electron chi connectivity index (χ4n) is 3.67. The molecule has 0 saturated carbocycles. The van der Waals surface area contributed by atoms with Crippen LogP contribution in [0.4, 0.5) is 0 Å². The van der Waals surface area contributed by atoms with Gasteiger partial charge >= 0.3 is 5.97 Å². The highest BCUT2D eigenvalue weighted by molar-refractivity contribution is 7.88. The van der Waals surface area contributed by atoms with Gasteiger partial charge < -0.3 is 5.11 Å². The monoisotopic (exact) mass is 358 g/mol. The molecule has 0 radical (unpaired) electrons. The van der Waals surface area contributed by atoms with Gasteiger partial charge in [-0.15, -0.1) is 0 Å².